The van der Waals surface area contributed by atoms with Crippen LogP contribution in [0.4, 0.5) is 0 Å². The summed E-state index contributed by atoms with van der Waals surface area (Å²) >= 11 is 8.76. The first kappa shape index (κ1) is 14.4. The quantitative estimate of drug-likeness (QED) is 0.802. The molecular weight excluding hydrogens is 406 g/mol. The van der Waals surface area contributed by atoms with Crippen molar-refractivity contribution in [1.82, 2.24) is 5.32 Å². The van der Waals surface area contributed by atoms with Crippen molar-refractivity contribution in [2.45, 2.75) is 12.1 Å². The Kier molecular flexibility index (Phi) is 4.35. The zero-order chi connectivity index (χ0) is 14.1. The number of halogens is 2. The average molecular weight is 419 g/mol. The minimum Gasteiger partial charge on any atom is -0.486 e. The topological polar surface area (TPSA) is 30.5 Å². The van der Waals surface area contributed by atoms with Gasteiger partial charge in [-0.05, 0) is 57.1 Å². The third-order valence-electron chi connectivity index (χ3n) is 3.18. The summed E-state index contributed by atoms with van der Waals surface area (Å²) in [5, 5.41) is 3.32. The second-order valence-corrected chi connectivity index (χ2v) is 7.71. The Labute approximate surface area is 138 Å². The number of ether oxygens (including phenoxy) is 2. The number of hydrogen-bond donors (Lipinski definition) is 1. The SMILES string of the molecule is CNC(c1cc(Br)c(Br)s1)C1COc2ccccc2O1. The molecule has 0 bridgehead atoms. The maximum absolute atomic E-state index is 6.08. The van der Waals surface area contributed by atoms with Crippen LogP contribution < -0.4 is 14.8 Å². The van der Waals surface area contributed by atoms with E-state index in [-0.39, 0.29) is 12.1 Å². The lowest BCUT2D eigenvalue weighted by atomic mass is 10.1. The average Bonchev–Trinajstić information content (AvgIpc) is 2.79. The summed E-state index contributed by atoms with van der Waals surface area (Å²) < 4.78 is 14.0. The lowest BCUT2D eigenvalue weighted by Crippen LogP contribution is -2.40. The van der Waals surface area contributed by atoms with Crippen molar-refractivity contribution in [1.29, 1.82) is 0 Å². The van der Waals surface area contributed by atoms with Crippen molar-refractivity contribution >= 4 is 43.2 Å². The van der Waals surface area contributed by atoms with Crippen LogP contribution in [-0.4, -0.2) is 19.8 Å². The lowest BCUT2D eigenvalue weighted by Gasteiger charge is -2.31. The van der Waals surface area contributed by atoms with Crippen LogP contribution in [0, 0.1) is 0 Å². The summed E-state index contributed by atoms with van der Waals surface area (Å²) in [6.45, 7) is 0.537. The minimum absolute atomic E-state index is 0.0488. The highest BCUT2D eigenvalue weighted by molar-refractivity contribution is 9.13. The summed E-state index contributed by atoms with van der Waals surface area (Å²) in [5.74, 6) is 1.62. The highest BCUT2D eigenvalue weighted by Gasteiger charge is 2.30. The van der Waals surface area contributed by atoms with Crippen molar-refractivity contribution in [3.8, 4) is 11.5 Å². The van der Waals surface area contributed by atoms with Gasteiger partial charge in [-0.25, -0.2) is 0 Å². The molecule has 0 aliphatic carbocycles. The van der Waals surface area contributed by atoms with Crippen molar-refractivity contribution in [3.05, 3.63) is 43.5 Å². The number of hydrogen-bond acceptors (Lipinski definition) is 4. The maximum atomic E-state index is 6.08. The molecule has 2 atom stereocenters. The predicted molar refractivity (Wildman–Crippen MR) is 87.9 cm³/mol. The van der Waals surface area contributed by atoms with Gasteiger partial charge in [0.15, 0.2) is 17.6 Å². The van der Waals surface area contributed by atoms with Gasteiger partial charge in [-0.2, -0.15) is 0 Å². The second-order valence-electron chi connectivity index (χ2n) is 4.45. The van der Waals surface area contributed by atoms with Crippen molar-refractivity contribution in [2.75, 3.05) is 13.7 Å². The van der Waals surface area contributed by atoms with Crippen molar-refractivity contribution in [3.63, 3.8) is 0 Å². The number of rotatable bonds is 3. The summed E-state index contributed by atoms with van der Waals surface area (Å²) in [6, 6.07) is 9.98. The Bertz CT molecular complexity index is 597. The number of benzene rings is 1. The van der Waals surface area contributed by atoms with E-state index in [1.165, 1.54) is 4.88 Å². The van der Waals surface area contributed by atoms with E-state index in [0.29, 0.717) is 6.61 Å². The number of nitrogens with one attached hydrogen (secondary N) is 1. The molecule has 20 heavy (non-hydrogen) atoms. The molecule has 1 aromatic heterocycles. The van der Waals surface area contributed by atoms with E-state index in [1.54, 1.807) is 11.3 Å². The molecule has 3 rings (SSSR count). The van der Waals surface area contributed by atoms with E-state index in [4.69, 9.17) is 9.47 Å². The molecule has 2 heterocycles. The second kappa shape index (κ2) is 6.05. The molecule has 1 aliphatic heterocycles. The summed E-state index contributed by atoms with van der Waals surface area (Å²) in [6.07, 6.45) is -0.0488. The first-order chi connectivity index (χ1) is 9.69. The first-order valence-corrected chi connectivity index (χ1v) is 8.59. The molecule has 1 N–H and O–H groups in total. The third-order valence-corrected chi connectivity index (χ3v) is 6.52. The fourth-order valence-corrected chi connectivity index (χ4v) is 4.48. The molecule has 0 amide bonds. The molecule has 2 unspecified atom stereocenters. The summed E-state index contributed by atoms with van der Waals surface area (Å²) in [7, 11) is 1.94. The van der Waals surface area contributed by atoms with Crippen LogP contribution in [0.2, 0.25) is 0 Å². The Morgan fingerprint density at radius 2 is 2.05 bits per heavy atom. The Balaban J connectivity index is 1.85. The van der Waals surface area contributed by atoms with Gasteiger partial charge in [0.25, 0.3) is 0 Å². The monoisotopic (exact) mass is 417 g/mol. The number of fused-ring (bicyclic) bond motifs is 1. The molecule has 0 saturated heterocycles. The van der Waals surface area contributed by atoms with Gasteiger partial charge in [-0.3, -0.25) is 0 Å². The van der Waals surface area contributed by atoms with Gasteiger partial charge in [0.2, 0.25) is 0 Å². The number of para-hydroxylation sites is 2. The van der Waals surface area contributed by atoms with Crippen LogP contribution in [0.25, 0.3) is 0 Å². The summed E-state index contributed by atoms with van der Waals surface area (Å²) in [4.78, 5) is 1.21. The Morgan fingerprint density at radius 3 is 2.70 bits per heavy atom. The third kappa shape index (κ3) is 2.74. The van der Waals surface area contributed by atoms with Gasteiger partial charge in [-0.15, -0.1) is 11.3 Å². The fourth-order valence-electron chi connectivity index (χ4n) is 2.23. The van der Waals surface area contributed by atoms with E-state index in [9.17, 15) is 0 Å². The van der Waals surface area contributed by atoms with Crippen LogP contribution >= 0.6 is 43.2 Å². The first-order valence-electron chi connectivity index (χ1n) is 6.19. The zero-order valence-corrected chi connectivity index (χ0v) is 14.7. The summed E-state index contributed by atoms with van der Waals surface area (Å²) in [5.41, 5.74) is 0. The normalized spacial score (nSPS) is 18.9. The van der Waals surface area contributed by atoms with Crippen molar-refractivity contribution < 1.29 is 9.47 Å². The molecular formula is C14H13Br2NO2S. The molecule has 0 spiro atoms. The van der Waals surface area contributed by atoms with Crippen LogP contribution in [-0.2, 0) is 0 Å². The molecule has 2 aromatic rings. The largest absolute Gasteiger partial charge is 0.486 e. The lowest BCUT2D eigenvalue weighted by molar-refractivity contribution is 0.0647. The van der Waals surface area contributed by atoms with Crippen LogP contribution in [0.1, 0.15) is 10.9 Å². The molecule has 0 radical (unpaired) electrons. The Morgan fingerprint density at radius 1 is 1.30 bits per heavy atom. The Hall–Kier alpha value is -0.560. The highest BCUT2D eigenvalue weighted by Crippen LogP contribution is 2.39. The molecule has 0 saturated carbocycles. The van der Waals surface area contributed by atoms with E-state index in [1.807, 2.05) is 31.3 Å². The molecule has 3 nitrogen and oxygen atoms in total. The van der Waals surface area contributed by atoms with Gasteiger partial charge in [0, 0.05) is 9.35 Å². The van der Waals surface area contributed by atoms with Gasteiger partial charge in [-0.1, -0.05) is 12.1 Å². The van der Waals surface area contributed by atoms with E-state index >= 15 is 0 Å². The van der Waals surface area contributed by atoms with E-state index in [0.717, 1.165) is 19.8 Å². The molecule has 0 fully saturated rings. The van der Waals surface area contributed by atoms with Gasteiger partial charge in [0.05, 0.1) is 9.83 Å². The molecule has 6 heteroatoms. The predicted octanol–water partition coefficient (Wildman–Crippen LogP) is 4.37. The van der Waals surface area contributed by atoms with Crippen molar-refractivity contribution in [2.24, 2.45) is 0 Å². The van der Waals surface area contributed by atoms with Gasteiger partial charge >= 0.3 is 0 Å². The van der Waals surface area contributed by atoms with E-state index in [2.05, 4.69) is 43.2 Å². The van der Waals surface area contributed by atoms with Crippen LogP contribution in [0.3, 0.4) is 0 Å². The van der Waals surface area contributed by atoms with Crippen LogP contribution in [0.5, 0.6) is 11.5 Å². The maximum Gasteiger partial charge on any atom is 0.161 e. The van der Waals surface area contributed by atoms with Crippen LogP contribution in [0.15, 0.2) is 38.6 Å². The van der Waals surface area contributed by atoms with Gasteiger partial charge < -0.3 is 14.8 Å². The molecule has 106 valence electrons. The zero-order valence-electron chi connectivity index (χ0n) is 10.7. The molecule has 1 aliphatic rings. The number of thiophene rings is 1. The van der Waals surface area contributed by atoms with E-state index < -0.39 is 0 Å². The van der Waals surface area contributed by atoms with Gasteiger partial charge in [0.1, 0.15) is 6.61 Å². The minimum atomic E-state index is -0.0488. The highest BCUT2D eigenvalue weighted by atomic mass is 79.9. The fraction of sp³-hybridized carbons (Fsp3) is 0.286. The standard InChI is InChI=1S/C14H13Br2NO2S/c1-17-13(12-6-8(15)14(16)20-12)11-7-18-9-4-2-3-5-10(9)19-11/h2-6,11,13,17H,7H2,1H3. The molecule has 1 aromatic carbocycles. The number of likely N-dealkylation sites (N-methyl/N-ethyl adjacent to an activating group) is 1. The smallest absolute Gasteiger partial charge is 0.161 e.